The van der Waals surface area contributed by atoms with E-state index in [1.807, 2.05) is 4.90 Å². The average molecular weight is 380 g/mol. The van der Waals surface area contributed by atoms with Crippen molar-refractivity contribution < 1.29 is 19.1 Å². The number of hydrogen-bond donors (Lipinski definition) is 1. The topological polar surface area (TPSA) is 75.7 Å². The third kappa shape index (κ3) is 4.57. The van der Waals surface area contributed by atoms with Crippen LogP contribution in [0.5, 0.6) is 0 Å². The molecule has 1 atom stereocenters. The Labute approximate surface area is 164 Å². The van der Waals surface area contributed by atoms with E-state index in [-0.39, 0.29) is 11.8 Å². The Morgan fingerprint density at radius 1 is 1.04 bits per heavy atom. The van der Waals surface area contributed by atoms with Crippen molar-refractivity contribution in [2.75, 3.05) is 25.5 Å². The summed E-state index contributed by atoms with van der Waals surface area (Å²) < 4.78 is 4.69. The number of carbonyl (C=O) groups excluding carboxylic acids is 3. The molecule has 1 fully saturated rings. The Bertz CT molecular complexity index is 876. The molecule has 3 rings (SSSR count). The Morgan fingerprint density at radius 2 is 1.75 bits per heavy atom. The van der Waals surface area contributed by atoms with Crippen LogP contribution in [0.2, 0.25) is 0 Å². The SMILES string of the molecule is COC(=O)c1cccc(NC(=O)c2ccc(C(=O)N3CCCC(C)C3)cc2)c1. The van der Waals surface area contributed by atoms with E-state index in [0.29, 0.717) is 28.3 Å². The minimum atomic E-state index is -0.467. The van der Waals surface area contributed by atoms with Crippen molar-refractivity contribution >= 4 is 23.5 Å². The molecule has 6 nitrogen and oxygen atoms in total. The van der Waals surface area contributed by atoms with Gasteiger partial charge in [-0.3, -0.25) is 9.59 Å². The van der Waals surface area contributed by atoms with E-state index < -0.39 is 5.97 Å². The summed E-state index contributed by atoms with van der Waals surface area (Å²) in [6.07, 6.45) is 2.18. The lowest BCUT2D eigenvalue weighted by atomic mass is 9.99. The van der Waals surface area contributed by atoms with Gasteiger partial charge in [-0.05, 0) is 61.2 Å². The Morgan fingerprint density at radius 3 is 2.43 bits per heavy atom. The Kier molecular flexibility index (Phi) is 6.09. The average Bonchev–Trinajstić information content (AvgIpc) is 2.73. The normalized spacial score (nSPS) is 16.4. The second-order valence-electron chi connectivity index (χ2n) is 7.10. The molecule has 0 radical (unpaired) electrons. The minimum absolute atomic E-state index is 0.00397. The molecule has 6 heteroatoms. The molecular formula is C22H24N2O4. The highest BCUT2D eigenvalue weighted by Crippen LogP contribution is 2.19. The molecular weight excluding hydrogens is 356 g/mol. The van der Waals surface area contributed by atoms with E-state index in [1.165, 1.54) is 7.11 Å². The predicted octanol–water partition coefficient (Wildman–Crippen LogP) is 3.60. The van der Waals surface area contributed by atoms with Gasteiger partial charge in [0.2, 0.25) is 0 Å². The van der Waals surface area contributed by atoms with Crippen LogP contribution < -0.4 is 5.32 Å². The van der Waals surface area contributed by atoms with Gasteiger partial charge in [0.15, 0.2) is 0 Å². The molecule has 2 aromatic rings. The van der Waals surface area contributed by atoms with Crippen molar-refractivity contribution in [2.45, 2.75) is 19.8 Å². The van der Waals surface area contributed by atoms with Crippen molar-refractivity contribution in [3.8, 4) is 0 Å². The van der Waals surface area contributed by atoms with Crippen LogP contribution in [0.15, 0.2) is 48.5 Å². The molecule has 1 saturated heterocycles. The number of rotatable bonds is 4. The molecule has 0 bridgehead atoms. The smallest absolute Gasteiger partial charge is 0.337 e. The summed E-state index contributed by atoms with van der Waals surface area (Å²) in [6, 6.07) is 13.2. The van der Waals surface area contributed by atoms with E-state index in [9.17, 15) is 14.4 Å². The number of methoxy groups -OCH3 is 1. The standard InChI is InChI=1S/C22H24N2O4/c1-15-5-4-12-24(14-15)21(26)17-10-8-16(9-11-17)20(25)23-19-7-3-6-18(13-19)22(27)28-2/h3,6-11,13,15H,4-5,12,14H2,1-2H3,(H,23,25). The predicted molar refractivity (Wildman–Crippen MR) is 106 cm³/mol. The molecule has 1 unspecified atom stereocenters. The van der Waals surface area contributed by atoms with Crippen LogP contribution in [-0.4, -0.2) is 42.9 Å². The number of amides is 2. The Balaban J connectivity index is 1.67. The van der Waals surface area contributed by atoms with Crippen LogP contribution in [0.3, 0.4) is 0 Å². The molecule has 1 heterocycles. The van der Waals surface area contributed by atoms with Crippen LogP contribution in [0.25, 0.3) is 0 Å². The van der Waals surface area contributed by atoms with Crippen molar-refractivity contribution in [3.05, 3.63) is 65.2 Å². The minimum Gasteiger partial charge on any atom is -0.465 e. The van der Waals surface area contributed by atoms with E-state index in [0.717, 1.165) is 25.9 Å². The first-order valence-corrected chi connectivity index (χ1v) is 9.37. The first-order chi connectivity index (χ1) is 13.5. The van der Waals surface area contributed by atoms with E-state index >= 15 is 0 Å². The van der Waals surface area contributed by atoms with Gasteiger partial charge in [-0.25, -0.2) is 4.79 Å². The summed E-state index contributed by atoms with van der Waals surface area (Å²) in [5.41, 5.74) is 1.87. The number of nitrogens with one attached hydrogen (secondary N) is 1. The summed E-state index contributed by atoms with van der Waals surface area (Å²) >= 11 is 0. The van der Waals surface area contributed by atoms with Gasteiger partial charge in [0.05, 0.1) is 12.7 Å². The number of piperidine rings is 1. The van der Waals surface area contributed by atoms with Crippen molar-refractivity contribution in [1.82, 2.24) is 4.90 Å². The third-order valence-corrected chi connectivity index (χ3v) is 4.88. The molecule has 2 amide bonds. The molecule has 146 valence electrons. The summed E-state index contributed by atoms with van der Waals surface area (Å²) in [4.78, 5) is 38.6. The second kappa shape index (κ2) is 8.69. The molecule has 2 aromatic carbocycles. The lowest BCUT2D eigenvalue weighted by Gasteiger charge is -2.31. The van der Waals surface area contributed by atoms with Gasteiger partial charge in [-0.15, -0.1) is 0 Å². The highest BCUT2D eigenvalue weighted by molar-refractivity contribution is 6.05. The van der Waals surface area contributed by atoms with Gasteiger partial charge in [0.1, 0.15) is 0 Å². The molecule has 1 aliphatic heterocycles. The monoisotopic (exact) mass is 380 g/mol. The first kappa shape index (κ1) is 19.6. The summed E-state index contributed by atoms with van der Waals surface area (Å²) in [5, 5.41) is 2.75. The van der Waals surface area contributed by atoms with Gasteiger partial charge in [0, 0.05) is 29.9 Å². The first-order valence-electron chi connectivity index (χ1n) is 9.37. The maximum Gasteiger partial charge on any atom is 0.337 e. The van der Waals surface area contributed by atoms with Crippen LogP contribution in [0.4, 0.5) is 5.69 Å². The van der Waals surface area contributed by atoms with Crippen LogP contribution in [0, 0.1) is 5.92 Å². The van der Waals surface area contributed by atoms with Crippen molar-refractivity contribution in [3.63, 3.8) is 0 Å². The number of anilines is 1. The van der Waals surface area contributed by atoms with Gasteiger partial charge >= 0.3 is 5.97 Å². The highest BCUT2D eigenvalue weighted by Gasteiger charge is 2.22. The zero-order valence-electron chi connectivity index (χ0n) is 16.1. The number of hydrogen-bond acceptors (Lipinski definition) is 4. The van der Waals surface area contributed by atoms with E-state index in [2.05, 4.69) is 17.0 Å². The fourth-order valence-corrected chi connectivity index (χ4v) is 3.37. The quantitative estimate of drug-likeness (QED) is 0.823. The fourth-order valence-electron chi connectivity index (χ4n) is 3.37. The molecule has 0 spiro atoms. The molecule has 0 saturated carbocycles. The summed E-state index contributed by atoms with van der Waals surface area (Å²) in [6.45, 7) is 3.71. The number of ether oxygens (including phenoxy) is 1. The molecule has 0 aliphatic carbocycles. The number of nitrogens with zero attached hydrogens (tertiary/aromatic N) is 1. The van der Waals surface area contributed by atoms with E-state index in [1.54, 1.807) is 48.5 Å². The zero-order chi connectivity index (χ0) is 20.1. The van der Waals surface area contributed by atoms with Gasteiger partial charge < -0.3 is 15.0 Å². The number of esters is 1. The summed E-state index contributed by atoms with van der Waals surface area (Å²) in [7, 11) is 1.31. The summed E-state index contributed by atoms with van der Waals surface area (Å²) in [5.74, 6) is -0.258. The maximum atomic E-state index is 12.6. The van der Waals surface area contributed by atoms with Crippen molar-refractivity contribution in [1.29, 1.82) is 0 Å². The fraction of sp³-hybridized carbons (Fsp3) is 0.318. The molecule has 1 aliphatic rings. The van der Waals surface area contributed by atoms with Crippen LogP contribution in [-0.2, 0) is 4.74 Å². The number of likely N-dealkylation sites (tertiary alicyclic amines) is 1. The van der Waals surface area contributed by atoms with E-state index in [4.69, 9.17) is 0 Å². The highest BCUT2D eigenvalue weighted by atomic mass is 16.5. The molecule has 1 N–H and O–H groups in total. The lowest BCUT2D eigenvalue weighted by molar-refractivity contribution is 0.0600. The van der Waals surface area contributed by atoms with Gasteiger partial charge in [-0.2, -0.15) is 0 Å². The van der Waals surface area contributed by atoms with Crippen LogP contribution >= 0.6 is 0 Å². The largest absolute Gasteiger partial charge is 0.465 e. The van der Waals surface area contributed by atoms with Gasteiger partial charge in [0.25, 0.3) is 11.8 Å². The zero-order valence-corrected chi connectivity index (χ0v) is 16.1. The molecule has 0 aromatic heterocycles. The lowest BCUT2D eigenvalue weighted by Crippen LogP contribution is -2.39. The number of benzene rings is 2. The molecule has 28 heavy (non-hydrogen) atoms. The van der Waals surface area contributed by atoms with Crippen molar-refractivity contribution in [2.24, 2.45) is 5.92 Å². The third-order valence-electron chi connectivity index (χ3n) is 4.88. The second-order valence-corrected chi connectivity index (χ2v) is 7.10. The Hall–Kier alpha value is -3.15. The van der Waals surface area contributed by atoms with Gasteiger partial charge in [-0.1, -0.05) is 13.0 Å². The van der Waals surface area contributed by atoms with Crippen LogP contribution in [0.1, 0.15) is 50.8 Å². The number of carbonyl (C=O) groups is 3. The maximum absolute atomic E-state index is 12.6.